The third kappa shape index (κ3) is 5.10. The molecule has 1 aromatic carbocycles. The van der Waals surface area contributed by atoms with Crippen molar-refractivity contribution in [2.45, 2.75) is 19.0 Å². The van der Waals surface area contributed by atoms with Gasteiger partial charge in [0.2, 0.25) is 5.91 Å². The van der Waals surface area contributed by atoms with Crippen LogP contribution < -0.4 is 20.3 Å². The number of thiophene rings is 1. The number of ether oxygens (including phenoxy) is 1. The Hall–Kier alpha value is -1.81. The second kappa shape index (κ2) is 9.77. The fourth-order valence-corrected chi connectivity index (χ4v) is 3.47. The lowest BCUT2D eigenvalue weighted by atomic mass is 10.2. The number of aliphatic imine (C=N–C) groups is 1. The smallest absolute Gasteiger partial charge is 0.229 e. The molecule has 0 bridgehead atoms. The minimum atomic E-state index is 0. The van der Waals surface area contributed by atoms with Crippen molar-refractivity contribution in [1.29, 1.82) is 0 Å². The first-order chi connectivity index (χ1) is 12.2. The number of carbonyl (C=O) groups excluding carboxylic acids is 1. The molecule has 1 saturated heterocycles. The number of guanidine groups is 1. The summed E-state index contributed by atoms with van der Waals surface area (Å²) in [4.78, 5) is 18.4. The van der Waals surface area contributed by atoms with E-state index >= 15 is 0 Å². The van der Waals surface area contributed by atoms with E-state index in [1.54, 1.807) is 30.4 Å². The van der Waals surface area contributed by atoms with Crippen LogP contribution in [-0.4, -0.2) is 38.6 Å². The molecule has 1 fully saturated rings. The van der Waals surface area contributed by atoms with Gasteiger partial charge in [-0.25, -0.2) is 0 Å². The molecule has 0 aliphatic carbocycles. The van der Waals surface area contributed by atoms with E-state index in [2.05, 4.69) is 32.5 Å². The highest BCUT2D eigenvalue weighted by Crippen LogP contribution is 2.25. The van der Waals surface area contributed by atoms with E-state index in [0.29, 0.717) is 25.5 Å². The molecule has 2 N–H and O–H groups in total. The number of rotatable bonds is 5. The van der Waals surface area contributed by atoms with E-state index in [9.17, 15) is 4.79 Å². The summed E-state index contributed by atoms with van der Waals surface area (Å²) < 4.78 is 5.24. The average Bonchev–Trinajstić information content (AvgIpc) is 3.28. The van der Waals surface area contributed by atoms with Crippen LogP contribution in [0, 0.1) is 0 Å². The van der Waals surface area contributed by atoms with Gasteiger partial charge >= 0.3 is 0 Å². The van der Waals surface area contributed by atoms with Crippen LogP contribution in [0.3, 0.4) is 0 Å². The number of benzene rings is 1. The number of halogens is 1. The van der Waals surface area contributed by atoms with E-state index in [1.165, 1.54) is 5.56 Å². The van der Waals surface area contributed by atoms with Gasteiger partial charge < -0.3 is 20.3 Å². The van der Waals surface area contributed by atoms with E-state index in [4.69, 9.17) is 4.74 Å². The van der Waals surface area contributed by atoms with Crippen molar-refractivity contribution in [1.82, 2.24) is 10.6 Å². The first-order valence-electron chi connectivity index (χ1n) is 8.12. The first-order valence-corrected chi connectivity index (χ1v) is 9.06. The lowest BCUT2D eigenvalue weighted by Crippen LogP contribution is -2.44. The highest BCUT2D eigenvalue weighted by molar-refractivity contribution is 14.0. The second-order valence-corrected chi connectivity index (χ2v) is 6.59. The number of carbonyl (C=O) groups is 1. The van der Waals surface area contributed by atoms with Gasteiger partial charge in [0, 0.05) is 38.3 Å². The van der Waals surface area contributed by atoms with Gasteiger partial charge in [0.05, 0.1) is 13.2 Å². The minimum absolute atomic E-state index is 0. The Morgan fingerprint density at radius 1 is 1.42 bits per heavy atom. The van der Waals surface area contributed by atoms with Crippen molar-refractivity contribution in [2.75, 3.05) is 25.6 Å². The quantitative estimate of drug-likeness (QED) is 0.388. The molecule has 6 nitrogen and oxygen atoms in total. The molecule has 26 heavy (non-hydrogen) atoms. The molecule has 2 aromatic rings. The van der Waals surface area contributed by atoms with Crippen LogP contribution in [0.2, 0.25) is 0 Å². The summed E-state index contributed by atoms with van der Waals surface area (Å²) in [5.41, 5.74) is 2.07. The van der Waals surface area contributed by atoms with E-state index in [-0.39, 0.29) is 35.9 Å². The zero-order chi connectivity index (χ0) is 17.6. The number of methoxy groups -OCH3 is 1. The largest absolute Gasteiger partial charge is 0.497 e. The summed E-state index contributed by atoms with van der Waals surface area (Å²) >= 11 is 1.67. The first kappa shape index (κ1) is 20.5. The van der Waals surface area contributed by atoms with Gasteiger partial charge in [0.1, 0.15) is 5.75 Å². The highest BCUT2D eigenvalue weighted by Gasteiger charge is 2.31. The van der Waals surface area contributed by atoms with Crippen molar-refractivity contribution in [3.8, 4) is 5.75 Å². The number of hydrogen-bond acceptors (Lipinski definition) is 4. The Morgan fingerprint density at radius 3 is 2.96 bits per heavy atom. The summed E-state index contributed by atoms with van der Waals surface area (Å²) in [5.74, 6) is 1.55. The Bertz CT molecular complexity index is 751. The van der Waals surface area contributed by atoms with Crippen LogP contribution >= 0.6 is 35.3 Å². The van der Waals surface area contributed by atoms with E-state index < -0.39 is 0 Å². The molecule has 1 aromatic heterocycles. The molecular formula is C18H23IN4O2S. The molecule has 1 aliphatic heterocycles. The molecular weight excluding hydrogens is 463 g/mol. The van der Waals surface area contributed by atoms with Crippen molar-refractivity contribution >= 4 is 52.9 Å². The van der Waals surface area contributed by atoms with Gasteiger partial charge in [0.25, 0.3) is 0 Å². The summed E-state index contributed by atoms with van der Waals surface area (Å²) in [6.45, 7) is 1.31. The Labute approximate surface area is 174 Å². The van der Waals surface area contributed by atoms with Gasteiger partial charge in [-0.1, -0.05) is 6.07 Å². The van der Waals surface area contributed by atoms with Crippen LogP contribution in [0.1, 0.15) is 12.0 Å². The maximum Gasteiger partial charge on any atom is 0.229 e. The Balaban J connectivity index is 0.00000243. The Kier molecular flexibility index (Phi) is 7.70. The van der Waals surface area contributed by atoms with Crippen LogP contribution in [0.15, 0.2) is 46.1 Å². The van der Waals surface area contributed by atoms with Gasteiger partial charge in [-0.3, -0.25) is 9.79 Å². The van der Waals surface area contributed by atoms with Crippen LogP contribution in [0.5, 0.6) is 5.75 Å². The third-order valence-electron chi connectivity index (χ3n) is 4.09. The highest BCUT2D eigenvalue weighted by atomic mass is 127. The van der Waals surface area contributed by atoms with Crippen LogP contribution in [0.4, 0.5) is 5.69 Å². The molecule has 1 unspecified atom stereocenters. The fourth-order valence-electron chi connectivity index (χ4n) is 2.80. The molecule has 0 radical (unpaired) electrons. The topological polar surface area (TPSA) is 66.0 Å². The van der Waals surface area contributed by atoms with Crippen LogP contribution in [0.25, 0.3) is 0 Å². The molecule has 0 spiro atoms. The predicted molar refractivity (Wildman–Crippen MR) is 117 cm³/mol. The average molecular weight is 486 g/mol. The normalized spacial score (nSPS) is 17.0. The van der Waals surface area contributed by atoms with Gasteiger partial charge in [-0.15, -0.1) is 24.0 Å². The van der Waals surface area contributed by atoms with Crippen molar-refractivity contribution in [3.05, 3.63) is 46.7 Å². The Morgan fingerprint density at radius 2 is 2.27 bits per heavy atom. The molecule has 2 heterocycles. The van der Waals surface area contributed by atoms with Crippen LogP contribution in [-0.2, 0) is 11.3 Å². The fraction of sp³-hybridized carbons (Fsp3) is 0.333. The molecule has 140 valence electrons. The summed E-state index contributed by atoms with van der Waals surface area (Å²) in [6.07, 6.45) is 0.441. The molecule has 8 heteroatoms. The number of nitrogens with zero attached hydrogens (tertiary/aromatic N) is 2. The summed E-state index contributed by atoms with van der Waals surface area (Å²) in [5, 5.41) is 10.8. The van der Waals surface area contributed by atoms with Crippen molar-refractivity contribution < 1.29 is 9.53 Å². The number of anilines is 1. The molecule has 1 amide bonds. The van der Waals surface area contributed by atoms with Gasteiger partial charge in [-0.2, -0.15) is 11.3 Å². The second-order valence-electron chi connectivity index (χ2n) is 5.81. The number of nitrogens with one attached hydrogen (secondary N) is 2. The standard InChI is InChI=1S/C18H22N4O2S.HI/c1-19-18(20-10-13-6-7-25-12-13)21-14-8-17(23)22(11-14)15-4-3-5-16(9-15)24-2;/h3-7,9,12,14H,8,10-11H2,1-2H3,(H2,19,20,21);1H. The molecule has 1 aliphatic rings. The van der Waals surface area contributed by atoms with Crippen molar-refractivity contribution in [2.24, 2.45) is 4.99 Å². The monoisotopic (exact) mass is 486 g/mol. The number of hydrogen-bond donors (Lipinski definition) is 2. The maximum atomic E-state index is 12.4. The summed E-state index contributed by atoms with van der Waals surface area (Å²) in [7, 11) is 3.36. The maximum absolute atomic E-state index is 12.4. The predicted octanol–water partition coefficient (Wildman–Crippen LogP) is 2.85. The van der Waals surface area contributed by atoms with Gasteiger partial charge in [0.15, 0.2) is 5.96 Å². The molecule has 0 saturated carbocycles. The SMILES string of the molecule is CN=C(NCc1ccsc1)NC1CC(=O)N(c2cccc(OC)c2)C1.I. The zero-order valence-corrected chi connectivity index (χ0v) is 17.9. The minimum Gasteiger partial charge on any atom is -0.497 e. The van der Waals surface area contributed by atoms with E-state index in [1.807, 2.05) is 24.3 Å². The van der Waals surface area contributed by atoms with Crippen molar-refractivity contribution in [3.63, 3.8) is 0 Å². The number of amides is 1. The lowest BCUT2D eigenvalue weighted by Gasteiger charge is -2.19. The third-order valence-corrected chi connectivity index (χ3v) is 4.83. The van der Waals surface area contributed by atoms with Gasteiger partial charge in [-0.05, 0) is 34.5 Å². The lowest BCUT2D eigenvalue weighted by molar-refractivity contribution is -0.117. The van der Waals surface area contributed by atoms with E-state index in [0.717, 1.165) is 11.4 Å². The molecule has 3 rings (SSSR count). The zero-order valence-electron chi connectivity index (χ0n) is 14.8. The molecule has 1 atom stereocenters. The summed E-state index contributed by atoms with van der Waals surface area (Å²) in [6, 6.07) is 9.66.